The maximum Gasteiger partial charge on any atom is 0.261 e. The van der Waals surface area contributed by atoms with E-state index in [4.69, 9.17) is 9.57 Å². The molecule has 0 spiro atoms. The zero-order chi connectivity index (χ0) is 20.1. The molecule has 1 N–H and O–H groups in total. The Kier molecular flexibility index (Phi) is 5.59. The molecular formula is C24H22N2O3. The maximum atomic E-state index is 13.1. The van der Waals surface area contributed by atoms with Crippen molar-refractivity contribution >= 4 is 17.2 Å². The normalized spacial score (nSPS) is 13.7. The molecule has 0 aromatic heterocycles. The molecule has 0 saturated carbocycles. The van der Waals surface area contributed by atoms with Gasteiger partial charge in [0.2, 0.25) is 0 Å². The molecule has 1 amide bonds. The minimum absolute atomic E-state index is 0.0614. The van der Waals surface area contributed by atoms with Crippen molar-refractivity contribution in [3.8, 4) is 5.75 Å². The highest BCUT2D eigenvalue weighted by Gasteiger charge is 2.32. The Balaban J connectivity index is 1.53. The molecule has 0 fully saturated rings. The van der Waals surface area contributed by atoms with Crippen molar-refractivity contribution in [2.45, 2.75) is 6.61 Å². The molecule has 5 heteroatoms. The van der Waals surface area contributed by atoms with Crippen LogP contribution in [0.4, 0.5) is 5.69 Å². The molecule has 1 heterocycles. The molecule has 1 aliphatic rings. The van der Waals surface area contributed by atoms with E-state index >= 15 is 0 Å². The van der Waals surface area contributed by atoms with Crippen molar-refractivity contribution in [2.24, 2.45) is 0 Å². The molecule has 0 saturated heterocycles. The number of amides is 1. The number of carbonyl (C=O) groups excluding carboxylic acids is 1. The van der Waals surface area contributed by atoms with E-state index < -0.39 is 0 Å². The van der Waals surface area contributed by atoms with Gasteiger partial charge in [0.25, 0.3) is 5.91 Å². The first-order chi connectivity index (χ1) is 14.3. The molecule has 146 valence electrons. The minimum atomic E-state index is -0.0614. The zero-order valence-electron chi connectivity index (χ0n) is 16.2. The van der Waals surface area contributed by atoms with Crippen LogP contribution in [0.1, 0.15) is 11.1 Å². The number of nitrogens with one attached hydrogen (secondary N) is 1. The van der Waals surface area contributed by atoms with Crippen LogP contribution in [0.25, 0.3) is 5.57 Å². The summed E-state index contributed by atoms with van der Waals surface area (Å²) in [5, 5.41) is 0. The highest BCUT2D eigenvalue weighted by Crippen LogP contribution is 2.31. The van der Waals surface area contributed by atoms with Gasteiger partial charge in [-0.1, -0.05) is 60.7 Å². The zero-order valence-corrected chi connectivity index (χ0v) is 16.2. The number of carbonyl (C=O) groups is 1. The summed E-state index contributed by atoms with van der Waals surface area (Å²) in [5.41, 5.74) is 6.99. The van der Waals surface area contributed by atoms with Crippen molar-refractivity contribution < 1.29 is 14.4 Å². The molecule has 29 heavy (non-hydrogen) atoms. The molecular weight excluding hydrogens is 364 g/mol. The molecule has 3 aromatic carbocycles. The van der Waals surface area contributed by atoms with E-state index in [9.17, 15) is 4.79 Å². The monoisotopic (exact) mass is 386 g/mol. The summed E-state index contributed by atoms with van der Waals surface area (Å²) in [6, 6.07) is 27.2. The summed E-state index contributed by atoms with van der Waals surface area (Å²) in [7, 11) is 1.54. The SMILES string of the molecule is CONC1=C(c2ccc(OCc3ccccc3)cc2)C(=O)N(c2ccccc2)C1. The Hall–Kier alpha value is -3.57. The number of hydrogen-bond donors (Lipinski definition) is 1. The predicted molar refractivity (Wildman–Crippen MR) is 113 cm³/mol. The number of anilines is 1. The van der Waals surface area contributed by atoms with Crippen molar-refractivity contribution in [1.29, 1.82) is 0 Å². The van der Waals surface area contributed by atoms with E-state index in [0.717, 1.165) is 28.3 Å². The third kappa shape index (κ3) is 4.15. The summed E-state index contributed by atoms with van der Waals surface area (Å²) >= 11 is 0. The van der Waals surface area contributed by atoms with Crippen LogP contribution in [-0.2, 0) is 16.2 Å². The lowest BCUT2D eigenvalue weighted by Gasteiger charge is -2.16. The van der Waals surface area contributed by atoms with E-state index in [1.807, 2.05) is 84.9 Å². The van der Waals surface area contributed by atoms with E-state index in [1.54, 1.807) is 12.0 Å². The van der Waals surface area contributed by atoms with Crippen molar-refractivity contribution in [1.82, 2.24) is 5.48 Å². The summed E-state index contributed by atoms with van der Waals surface area (Å²) in [6.07, 6.45) is 0. The summed E-state index contributed by atoms with van der Waals surface area (Å²) in [6.45, 7) is 0.929. The number of ether oxygens (including phenoxy) is 1. The first kappa shape index (κ1) is 18.8. The predicted octanol–water partition coefficient (Wildman–Crippen LogP) is 4.17. The molecule has 0 radical (unpaired) electrons. The van der Waals surface area contributed by atoms with E-state index in [2.05, 4.69) is 5.48 Å². The second-order valence-electron chi connectivity index (χ2n) is 6.69. The van der Waals surface area contributed by atoms with Gasteiger partial charge in [-0.05, 0) is 35.4 Å². The van der Waals surface area contributed by atoms with Gasteiger partial charge in [-0.2, -0.15) is 0 Å². The fraction of sp³-hybridized carbons (Fsp3) is 0.125. The lowest BCUT2D eigenvalue weighted by molar-refractivity contribution is -0.112. The van der Waals surface area contributed by atoms with Crippen molar-refractivity contribution in [2.75, 3.05) is 18.6 Å². The molecule has 3 aromatic rings. The molecule has 0 unspecified atom stereocenters. The minimum Gasteiger partial charge on any atom is -0.489 e. The average molecular weight is 386 g/mol. The van der Waals surface area contributed by atoms with Crippen LogP contribution in [0.5, 0.6) is 5.75 Å². The van der Waals surface area contributed by atoms with Gasteiger partial charge in [0.05, 0.1) is 24.9 Å². The Morgan fingerprint density at radius 2 is 1.55 bits per heavy atom. The lowest BCUT2D eigenvalue weighted by Crippen LogP contribution is -2.27. The van der Waals surface area contributed by atoms with Crippen LogP contribution in [0.2, 0.25) is 0 Å². The van der Waals surface area contributed by atoms with Crippen LogP contribution in [0.15, 0.2) is 90.6 Å². The Labute approximate surface area is 170 Å². The quantitative estimate of drug-likeness (QED) is 0.619. The third-order valence-corrected chi connectivity index (χ3v) is 4.76. The Morgan fingerprint density at radius 1 is 0.897 bits per heavy atom. The van der Waals surface area contributed by atoms with E-state index in [-0.39, 0.29) is 5.91 Å². The lowest BCUT2D eigenvalue weighted by atomic mass is 10.0. The van der Waals surface area contributed by atoms with E-state index in [0.29, 0.717) is 18.7 Å². The second kappa shape index (κ2) is 8.63. The van der Waals surface area contributed by atoms with Gasteiger partial charge in [-0.15, -0.1) is 0 Å². The molecule has 5 nitrogen and oxygen atoms in total. The highest BCUT2D eigenvalue weighted by atomic mass is 16.6. The number of nitrogens with zero attached hydrogens (tertiary/aromatic N) is 1. The van der Waals surface area contributed by atoms with Crippen LogP contribution < -0.4 is 15.1 Å². The van der Waals surface area contributed by atoms with E-state index in [1.165, 1.54) is 0 Å². The Morgan fingerprint density at radius 3 is 2.21 bits per heavy atom. The van der Waals surface area contributed by atoms with Gasteiger partial charge in [-0.3, -0.25) is 15.1 Å². The second-order valence-corrected chi connectivity index (χ2v) is 6.69. The smallest absolute Gasteiger partial charge is 0.261 e. The fourth-order valence-corrected chi connectivity index (χ4v) is 3.35. The van der Waals surface area contributed by atoms with Gasteiger partial charge < -0.3 is 9.64 Å². The number of para-hydroxylation sites is 1. The van der Waals surface area contributed by atoms with Crippen LogP contribution >= 0.6 is 0 Å². The highest BCUT2D eigenvalue weighted by molar-refractivity contribution is 6.29. The Bertz CT molecular complexity index is 999. The summed E-state index contributed by atoms with van der Waals surface area (Å²) in [5.74, 6) is 0.693. The largest absolute Gasteiger partial charge is 0.489 e. The molecule has 0 aliphatic carbocycles. The van der Waals surface area contributed by atoms with Gasteiger partial charge in [0.15, 0.2) is 0 Å². The topological polar surface area (TPSA) is 50.8 Å². The molecule has 1 aliphatic heterocycles. The van der Waals surface area contributed by atoms with Crippen LogP contribution in [0, 0.1) is 0 Å². The average Bonchev–Trinajstić information content (AvgIpc) is 3.10. The molecule has 0 bridgehead atoms. The third-order valence-electron chi connectivity index (χ3n) is 4.76. The summed E-state index contributed by atoms with van der Waals surface area (Å²) < 4.78 is 5.85. The van der Waals surface area contributed by atoms with Gasteiger partial charge >= 0.3 is 0 Å². The van der Waals surface area contributed by atoms with Crippen LogP contribution in [-0.4, -0.2) is 19.6 Å². The molecule has 4 rings (SSSR count). The summed E-state index contributed by atoms with van der Waals surface area (Å²) in [4.78, 5) is 20.0. The number of hydroxylamine groups is 1. The first-order valence-electron chi connectivity index (χ1n) is 9.42. The van der Waals surface area contributed by atoms with Crippen molar-refractivity contribution in [3.05, 3.63) is 102 Å². The standard InChI is InChI=1S/C24H22N2O3/c1-28-25-22-16-26(20-10-6-3-7-11-20)24(27)23(22)19-12-14-21(15-13-19)29-17-18-8-4-2-5-9-18/h2-15,25H,16-17H2,1H3. The van der Waals surface area contributed by atoms with Gasteiger partial charge in [-0.25, -0.2) is 0 Å². The van der Waals surface area contributed by atoms with Crippen LogP contribution in [0.3, 0.4) is 0 Å². The number of rotatable bonds is 7. The number of benzene rings is 3. The fourth-order valence-electron chi connectivity index (χ4n) is 3.35. The first-order valence-corrected chi connectivity index (χ1v) is 9.42. The number of hydrogen-bond acceptors (Lipinski definition) is 4. The maximum absolute atomic E-state index is 13.1. The van der Waals surface area contributed by atoms with Gasteiger partial charge in [0, 0.05) is 5.69 Å². The molecule has 0 atom stereocenters. The van der Waals surface area contributed by atoms with Gasteiger partial charge in [0.1, 0.15) is 12.4 Å². The van der Waals surface area contributed by atoms with Crippen molar-refractivity contribution in [3.63, 3.8) is 0 Å².